The van der Waals surface area contributed by atoms with Gasteiger partial charge in [-0.2, -0.15) is 5.10 Å². The zero-order valence-corrected chi connectivity index (χ0v) is 12.7. The van der Waals surface area contributed by atoms with Crippen molar-refractivity contribution in [3.63, 3.8) is 0 Å². The Balaban J connectivity index is 1.65. The maximum Gasteiger partial charge on any atom is 0.183 e. The maximum absolute atomic E-state index is 4.54. The summed E-state index contributed by atoms with van der Waals surface area (Å²) >= 11 is 5.11. The second kappa shape index (κ2) is 5.26. The molecule has 0 unspecified atom stereocenters. The highest BCUT2D eigenvalue weighted by Gasteiger charge is 2.04. The quantitative estimate of drug-likeness (QED) is 0.795. The Morgan fingerprint density at radius 1 is 1.42 bits per heavy atom. The molecule has 0 aliphatic heterocycles. The Bertz CT molecular complexity index is 705. The van der Waals surface area contributed by atoms with Gasteiger partial charge in [-0.15, -0.1) is 0 Å². The van der Waals surface area contributed by atoms with Gasteiger partial charge in [-0.05, 0) is 18.2 Å². The topological polar surface area (TPSA) is 55.6 Å². The molecule has 0 saturated carbocycles. The van der Waals surface area contributed by atoms with Crippen molar-refractivity contribution < 1.29 is 0 Å². The third kappa shape index (κ3) is 2.93. The molecule has 0 radical (unpaired) electrons. The van der Waals surface area contributed by atoms with Crippen molar-refractivity contribution in [2.45, 2.75) is 6.42 Å². The van der Waals surface area contributed by atoms with Crippen LogP contribution in [-0.4, -0.2) is 26.3 Å². The first-order chi connectivity index (χ1) is 9.20. The van der Waals surface area contributed by atoms with E-state index < -0.39 is 0 Å². The molecule has 2 heterocycles. The van der Waals surface area contributed by atoms with Gasteiger partial charge in [0.2, 0.25) is 0 Å². The molecule has 0 amide bonds. The normalized spacial score (nSPS) is 11.1. The average molecular weight is 338 g/mol. The molecule has 1 aromatic carbocycles. The van der Waals surface area contributed by atoms with E-state index in [1.165, 1.54) is 4.70 Å². The lowest BCUT2D eigenvalue weighted by Gasteiger charge is -1.98. The molecule has 0 spiro atoms. The van der Waals surface area contributed by atoms with Gasteiger partial charge in [0.1, 0.15) is 6.33 Å². The van der Waals surface area contributed by atoms with Crippen LogP contribution in [0.2, 0.25) is 0 Å². The van der Waals surface area contributed by atoms with Crippen molar-refractivity contribution in [2.24, 2.45) is 7.05 Å². The average Bonchev–Trinajstić information content (AvgIpc) is 2.95. The third-order valence-corrected chi connectivity index (χ3v) is 4.11. The minimum atomic E-state index is 0.783. The van der Waals surface area contributed by atoms with Crippen molar-refractivity contribution in [1.29, 1.82) is 0 Å². The molecular weight excluding hydrogens is 326 g/mol. The van der Waals surface area contributed by atoms with E-state index in [9.17, 15) is 0 Å². The number of aryl methyl sites for hydroxylation is 1. The van der Waals surface area contributed by atoms with Crippen molar-refractivity contribution in [3.05, 3.63) is 34.8 Å². The van der Waals surface area contributed by atoms with Gasteiger partial charge in [-0.3, -0.25) is 4.68 Å². The lowest BCUT2D eigenvalue weighted by atomic mass is 10.3. The lowest BCUT2D eigenvalue weighted by Crippen LogP contribution is -2.06. The van der Waals surface area contributed by atoms with Gasteiger partial charge in [0.25, 0.3) is 0 Å². The predicted molar refractivity (Wildman–Crippen MR) is 80.5 cm³/mol. The standard InChI is InChI=1S/C12H12BrN5S/c1-18-7-15-11(17-18)4-5-14-12-16-9-6-8(13)2-3-10(9)19-12/h2-3,6-7H,4-5H2,1H3,(H,14,16). The fraction of sp³-hybridized carbons (Fsp3) is 0.250. The number of halogens is 1. The number of hydrogen-bond acceptors (Lipinski definition) is 5. The van der Waals surface area contributed by atoms with Crippen molar-refractivity contribution in [1.82, 2.24) is 19.7 Å². The van der Waals surface area contributed by atoms with Gasteiger partial charge < -0.3 is 5.32 Å². The Kier molecular flexibility index (Phi) is 3.48. The van der Waals surface area contributed by atoms with Gasteiger partial charge >= 0.3 is 0 Å². The van der Waals surface area contributed by atoms with Crippen LogP contribution < -0.4 is 5.32 Å². The van der Waals surface area contributed by atoms with Crippen LogP contribution in [0.5, 0.6) is 0 Å². The van der Waals surface area contributed by atoms with Gasteiger partial charge in [-0.1, -0.05) is 27.3 Å². The summed E-state index contributed by atoms with van der Waals surface area (Å²) < 4.78 is 3.95. The molecule has 19 heavy (non-hydrogen) atoms. The smallest absolute Gasteiger partial charge is 0.183 e. The highest BCUT2D eigenvalue weighted by molar-refractivity contribution is 9.10. The van der Waals surface area contributed by atoms with Crippen LogP contribution in [0.25, 0.3) is 10.2 Å². The summed E-state index contributed by atoms with van der Waals surface area (Å²) in [5.41, 5.74) is 1.01. The summed E-state index contributed by atoms with van der Waals surface area (Å²) in [6.07, 6.45) is 2.50. The fourth-order valence-electron chi connectivity index (χ4n) is 1.76. The van der Waals surface area contributed by atoms with Crippen LogP contribution in [0, 0.1) is 0 Å². The van der Waals surface area contributed by atoms with E-state index in [4.69, 9.17) is 0 Å². The Morgan fingerprint density at radius 2 is 2.32 bits per heavy atom. The molecular formula is C12H12BrN5S. The Hall–Kier alpha value is -1.47. The third-order valence-electron chi connectivity index (χ3n) is 2.62. The molecule has 1 N–H and O–H groups in total. The van der Waals surface area contributed by atoms with E-state index >= 15 is 0 Å². The Labute approximate surface area is 122 Å². The molecule has 2 aromatic heterocycles. The molecule has 0 saturated heterocycles. The van der Waals surface area contributed by atoms with Gasteiger partial charge in [0.05, 0.1) is 10.2 Å². The van der Waals surface area contributed by atoms with Crippen LogP contribution in [0.1, 0.15) is 5.82 Å². The maximum atomic E-state index is 4.54. The highest BCUT2D eigenvalue weighted by atomic mass is 79.9. The number of aromatic nitrogens is 4. The molecule has 0 aliphatic carbocycles. The summed E-state index contributed by atoms with van der Waals surface area (Å²) in [6, 6.07) is 6.13. The molecule has 3 rings (SSSR count). The fourth-order valence-corrected chi connectivity index (χ4v) is 2.98. The summed E-state index contributed by atoms with van der Waals surface area (Å²) in [5, 5.41) is 8.49. The number of fused-ring (bicyclic) bond motifs is 1. The van der Waals surface area contributed by atoms with E-state index in [1.807, 2.05) is 19.2 Å². The lowest BCUT2D eigenvalue weighted by molar-refractivity contribution is 0.742. The van der Waals surface area contributed by atoms with Crippen LogP contribution in [0.15, 0.2) is 29.0 Å². The minimum absolute atomic E-state index is 0.783. The molecule has 0 atom stereocenters. The molecule has 0 fully saturated rings. The molecule has 5 nitrogen and oxygen atoms in total. The zero-order valence-electron chi connectivity index (χ0n) is 10.3. The second-order valence-corrected chi connectivity index (χ2v) is 6.09. The predicted octanol–water partition coefficient (Wildman–Crippen LogP) is 2.84. The number of benzene rings is 1. The molecule has 7 heteroatoms. The second-order valence-electron chi connectivity index (χ2n) is 4.14. The van der Waals surface area contributed by atoms with E-state index in [0.29, 0.717) is 0 Å². The number of anilines is 1. The Morgan fingerprint density at radius 3 is 3.11 bits per heavy atom. The zero-order chi connectivity index (χ0) is 13.2. The first-order valence-electron chi connectivity index (χ1n) is 5.85. The van der Waals surface area contributed by atoms with E-state index in [2.05, 4.69) is 42.4 Å². The van der Waals surface area contributed by atoms with Crippen LogP contribution in [0.3, 0.4) is 0 Å². The minimum Gasteiger partial charge on any atom is -0.361 e. The van der Waals surface area contributed by atoms with Crippen LogP contribution in [0.4, 0.5) is 5.13 Å². The van der Waals surface area contributed by atoms with E-state index in [1.54, 1.807) is 22.3 Å². The van der Waals surface area contributed by atoms with Gasteiger partial charge in [0.15, 0.2) is 11.0 Å². The monoisotopic (exact) mass is 337 g/mol. The van der Waals surface area contributed by atoms with Crippen molar-refractivity contribution >= 4 is 42.6 Å². The summed E-state index contributed by atoms with van der Waals surface area (Å²) in [7, 11) is 1.87. The summed E-state index contributed by atoms with van der Waals surface area (Å²) in [4.78, 5) is 8.73. The number of hydrogen-bond donors (Lipinski definition) is 1. The summed E-state index contributed by atoms with van der Waals surface area (Å²) in [6.45, 7) is 0.783. The van der Waals surface area contributed by atoms with Gasteiger partial charge in [0, 0.05) is 24.5 Å². The van der Waals surface area contributed by atoms with Gasteiger partial charge in [-0.25, -0.2) is 9.97 Å². The number of thiazole rings is 1. The largest absolute Gasteiger partial charge is 0.361 e. The van der Waals surface area contributed by atoms with E-state index in [-0.39, 0.29) is 0 Å². The molecule has 3 aromatic rings. The number of nitrogens with one attached hydrogen (secondary N) is 1. The van der Waals surface area contributed by atoms with Crippen molar-refractivity contribution in [2.75, 3.05) is 11.9 Å². The molecule has 98 valence electrons. The van der Waals surface area contributed by atoms with E-state index in [0.717, 1.165) is 33.9 Å². The summed E-state index contributed by atoms with van der Waals surface area (Å²) in [5.74, 6) is 0.846. The first kappa shape index (κ1) is 12.6. The first-order valence-corrected chi connectivity index (χ1v) is 7.46. The highest BCUT2D eigenvalue weighted by Crippen LogP contribution is 2.27. The number of nitrogens with zero attached hydrogens (tertiary/aromatic N) is 4. The van der Waals surface area contributed by atoms with Crippen molar-refractivity contribution in [3.8, 4) is 0 Å². The van der Waals surface area contributed by atoms with Crippen LogP contribution in [-0.2, 0) is 13.5 Å². The molecule has 0 aliphatic rings. The van der Waals surface area contributed by atoms with Crippen LogP contribution >= 0.6 is 27.3 Å². The molecule has 0 bridgehead atoms. The SMILES string of the molecule is Cn1cnc(CCNc2nc3cc(Br)ccc3s2)n1. The number of rotatable bonds is 4.